The lowest BCUT2D eigenvalue weighted by Crippen LogP contribution is -2.15. The normalized spacial score (nSPS) is 12.5. The molecule has 2 heterocycles. The highest BCUT2D eigenvalue weighted by Gasteiger charge is 2.16. The van der Waals surface area contributed by atoms with Gasteiger partial charge in [-0.3, -0.25) is 9.59 Å². The van der Waals surface area contributed by atoms with Gasteiger partial charge in [0.15, 0.2) is 29.3 Å². The second-order valence-corrected chi connectivity index (χ2v) is 7.07. The molecule has 0 saturated carbocycles. The number of carbonyl (C=O) groups is 1. The summed E-state index contributed by atoms with van der Waals surface area (Å²) < 4.78 is 22.5. The zero-order chi connectivity index (χ0) is 21.2. The van der Waals surface area contributed by atoms with E-state index in [1.807, 2.05) is 6.07 Å². The van der Waals surface area contributed by atoms with E-state index in [9.17, 15) is 9.59 Å². The van der Waals surface area contributed by atoms with Crippen molar-refractivity contribution in [2.45, 2.75) is 0 Å². The Morgan fingerprint density at radius 2 is 1.71 bits per heavy atom. The molecule has 4 aromatic rings. The molecule has 0 radical (unpaired) electrons. The van der Waals surface area contributed by atoms with Crippen molar-refractivity contribution in [3.05, 3.63) is 88.8 Å². The third kappa shape index (κ3) is 3.75. The van der Waals surface area contributed by atoms with Crippen molar-refractivity contribution in [3.63, 3.8) is 0 Å². The Balaban J connectivity index is 1.40. The summed E-state index contributed by atoms with van der Waals surface area (Å²) in [4.78, 5) is 25.3. The van der Waals surface area contributed by atoms with Gasteiger partial charge in [0, 0.05) is 11.6 Å². The van der Waals surface area contributed by atoms with E-state index in [1.54, 1.807) is 60.7 Å². The Kier molecular flexibility index (Phi) is 4.88. The van der Waals surface area contributed by atoms with Gasteiger partial charge in [-0.15, -0.1) is 0 Å². The summed E-state index contributed by atoms with van der Waals surface area (Å²) in [6.45, 7) is 0.874. The molecule has 0 amide bonds. The van der Waals surface area contributed by atoms with Crippen molar-refractivity contribution in [1.29, 1.82) is 0 Å². The number of fused-ring (bicyclic) bond motifs is 2. The SMILES string of the molecule is O=C(COc1ccc2c(=O)c(-c3ccc4c(c3)OCCO4)coc2c1)c1ccccc1. The van der Waals surface area contributed by atoms with Crippen LogP contribution < -0.4 is 19.6 Å². The standard InChI is InChI=1S/C25H18O6/c26-21(16-4-2-1-3-5-16)15-30-18-7-8-19-23(13-18)31-14-20(25(19)27)17-6-9-22-24(12-17)29-11-10-28-22/h1-9,12-14H,10-11,15H2. The molecule has 6 heteroatoms. The molecule has 0 saturated heterocycles. The molecule has 0 N–H and O–H groups in total. The highest BCUT2D eigenvalue weighted by atomic mass is 16.6. The number of ether oxygens (including phenoxy) is 3. The van der Waals surface area contributed by atoms with Crippen LogP contribution in [0.15, 0.2) is 82.2 Å². The molecule has 3 aromatic carbocycles. The molecule has 1 aromatic heterocycles. The number of Topliss-reactive ketones (excluding diaryl/α,β-unsaturated/α-hetero) is 1. The summed E-state index contributed by atoms with van der Waals surface area (Å²) in [5.74, 6) is 1.59. The first-order valence-corrected chi connectivity index (χ1v) is 9.86. The Labute approximate surface area is 177 Å². The zero-order valence-corrected chi connectivity index (χ0v) is 16.5. The van der Waals surface area contributed by atoms with E-state index in [1.165, 1.54) is 6.26 Å². The van der Waals surface area contributed by atoms with Crippen molar-refractivity contribution in [2.75, 3.05) is 19.8 Å². The van der Waals surface area contributed by atoms with Gasteiger partial charge in [0.25, 0.3) is 0 Å². The maximum Gasteiger partial charge on any atom is 0.200 e. The van der Waals surface area contributed by atoms with Crippen LogP contribution in [0.1, 0.15) is 10.4 Å². The molecule has 31 heavy (non-hydrogen) atoms. The van der Waals surface area contributed by atoms with Gasteiger partial charge in [-0.2, -0.15) is 0 Å². The topological polar surface area (TPSA) is 75.0 Å². The molecule has 6 nitrogen and oxygen atoms in total. The van der Waals surface area contributed by atoms with Gasteiger partial charge in [0.1, 0.15) is 30.8 Å². The van der Waals surface area contributed by atoms with Crippen LogP contribution in [0.3, 0.4) is 0 Å². The van der Waals surface area contributed by atoms with Gasteiger partial charge in [-0.25, -0.2) is 0 Å². The molecule has 0 fully saturated rings. The van der Waals surface area contributed by atoms with Crippen LogP contribution >= 0.6 is 0 Å². The number of carbonyl (C=O) groups excluding carboxylic acids is 1. The Morgan fingerprint density at radius 1 is 0.903 bits per heavy atom. The average molecular weight is 414 g/mol. The summed E-state index contributed by atoms with van der Waals surface area (Å²) in [5, 5.41) is 0.425. The third-order valence-corrected chi connectivity index (χ3v) is 5.06. The summed E-state index contributed by atoms with van der Waals surface area (Å²) in [6.07, 6.45) is 1.43. The minimum absolute atomic E-state index is 0.102. The molecular weight excluding hydrogens is 396 g/mol. The number of hydrogen-bond donors (Lipinski definition) is 0. The summed E-state index contributed by atoms with van der Waals surface area (Å²) in [7, 11) is 0. The number of ketones is 1. The summed E-state index contributed by atoms with van der Waals surface area (Å²) in [5.41, 5.74) is 1.92. The van der Waals surface area contributed by atoms with Gasteiger partial charge in [0.05, 0.1) is 10.9 Å². The maximum absolute atomic E-state index is 13.0. The van der Waals surface area contributed by atoms with Gasteiger partial charge < -0.3 is 18.6 Å². The first-order chi connectivity index (χ1) is 15.2. The molecule has 1 aliphatic rings. The highest BCUT2D eigenvalue weighted by molar-refractivity contribution is 5.97. The summed E-state index contributed by atoms with van der Waals surface area (Å²) >= 11 is 0. The lowest BCUT2D eigenvalue weighted by atomic mass is 10.0. The van der Waals surface area contributed by atoms with Crippen molar-refractivity contribution in [1.82, 2.24) is 0 Å². The second-order valence-electron chi connectivity index (χ2n) is 7.07. The predicted octanol–water partition coefficient (Wildman–Crippen LogP) is 4.49. The first-order valence-electron chi connectivity index (χ1n) is 9.86. The zero-order valence-electron chi connectivity index (χ0n) is 16.5. The fourth-order valence-electron chi connectivity index (χ4n) is 3.46. The minimum Gasteiger partial charge on any atom is -0.486 e. The Hall–Kier alpha value is -4.06. The van der Waals surface area contributed by atoms with Crippen LogP contribution in [0.25, 0.3) is 22.1 Å². The Morgan fingerprint density at radius 3 is 2.55 bits per heavy atom. The largest absolute Gasteiger partial charge is 0.486 e. The average Bonchev–Trinajstić information content (AvgIpc) is 2.83. The molecular formula is C25H18O6. The summed E-state index contributed by atoms with van der Waals surface area (Å²) in [6, 6.07) is 19.2. The van der Waals surface area contributed by atoms with Gasteiger partial charge >= 0.3 is 0 Å². The Bertz CT molecular complexity index is 1320. The fraction of sp³-hybridized carbons (Fsp3) is 0.120. The number of benzene rings is 3. The highest BCUT2D eigenvalue weighted by Crippen LogP contribution is 2.34. The van der Waals surface area contributed by atoms with Gasteiger partial charge in [0.2, 0.25) is 0 Å². The number of hydrogen-bond acceptors (Lipinski definition) is 6. The van der Waals surface area contributed by atoms with E-state index in [2.05, 4.69) is 0 Å². The second kappa shape index (κ2) is 7.99. The van der Waals surface area contributed by atoms with Crippen molar-refractivity contribution < 1.29 is 23.4 Å². The van der Waals surface area contributed by atoms with Crippen molar-refractivity contribution in [3.8, 4) is 28.4 Å². The lowest BCUT2D eigenvalue weighted by Gasteiger charge is -2.18. The monoisotopic (exact) mass is 414 g/mol. The quantitative estimate of drug-likeness (QED) is 0.448. The van der Waals surface area contributed by atoms with Crippen LogP contribution in [0.5, 0.6) is 17.2 Å². The van der Waals surface area contributed by atoms with Crippen molar-refractivity contribution in [2.24, 2.45) is 0 Å². The minimum atomic E-state index is -0.162. The van der Waals surface area contributed by atoms with E-state index >= 15 is 0 Å². The van der Waals surface area contributed by atoms with Crippen LogP contribution in [0.4, 0.5) is 0 Å². The predicted molar refractivity (Wildman–Crippen MR) is 115 cm³/mol. The fourth-order valence-corrected chi connectivity index (χ4v) is 3.46. The van der Waals surface area contributed by atoms with E-state index in [4.69, 9.17) is 18.6 Å². The first kappa shape index (κ1) is 18.9. The third-order valence-electron chi connectivity index (χ3n) is 5.06. The smallest absolute Gasteiger partial charge is 0.200 e. The molecule has 1 aliphatic heterocycles. The molecule has 5 rings (SSSR count). The van der Waals surface area contributed by atoms with Gasteiger partial charge in [-0.1, -0.05) is 36.4 Å². The van der Waals surface area contributed by atoms with Gasteiger partial charge in [-0.05, 0) is 29.8 Å². The van der Waals surface area contributed by atoms with E-state index < -0.39 is 0 Å². The molecule has 0 atom stereocenters. The van der Waals surface area contributed by atoms with Crippen LogP contribution in [0, 0.1) is 0 Å². The molecule has 0 spiro atoms. The lowest BCUT2D eigenvalue weighted by molar-refractivity contribution is 0.0921. The molecule has 0 unspecified atom stereocenters. The van der Waals surface area contributed by atoms with Crippen LogP contribution in [0.2, 0.25) is 0 Å². The number of rotatable bonds is 5. The van der Waals surface area contributed by atoms with E-state index in [0.717, 1.165) is 0 Å². The van der Waals surface area contributed by atoms with Crippen molar-refractivity contribution >= 4 is 16.8 Å². The molecule has 0 bridgehead atoms. The maximum atomic E-state index is 13.0. The van der Waals surface area contributed by atoms with E-state index in [0.29, 0.717) is 58.1 Å². The van der Waals surface area contributed by atoms with Crippen LogP contribution in [-0.2, 0) is 0 Å². The molecule has 0 aliphatic carbocycles. The van der Waals surface area contributed by atoms with Crippen LogP contribution in [-0.4, -0.2) is 25.6 Å². The van der Waals surface area contributed by atoms with E-state index in [-0.39, 0.29) is 17.8 Å². The molecule has 154 valence electrons.